The highest BCUT2D eigenvalue weighted by molar-refractivity contribution is 8.00. The van der Waals surface area contributed by atoms with Crippen LogP contribution in [0.25, 0.3) is 0 Å². The normalized spacial score (nSPS) is 18.0. The molecule has 1 N–H and O–H groups in total. The van der Waals surface area contributed by atoms with Crippen LogP contribution in [-0.4, -0.2) is 5.91 Å². The maximum atomic E-state index is 12.7. The number of anilines is 1. The first kappa shape index (κ1) is 14.0. The van der Waals surface area contributed by atoms with Gasteiger partial charge in [-0.2, -0.15) is 13.2 Å². The van der Waals surface area contributed by atoms with Crippen molar-refractivity contribution in [2.24, 2.45) is 0 Å². The lowest BCUT2D eigenvalue weighted by atomic mass is 10.1. The Balaban J connectivity index is 1.95. The van der Waals surface area contributed by atoms with Gasteiger partial charge in [-0.3, -0.25) is 4.79 Å². The molecule has 1 amide bonds. The molecule has 0 saturated heterocycles. The van der Waals surface area contributed by atoms with Crippen molar-refractivity contribution in [3.8, 4) is 0 Å². The van der Waals surface area contributed by atoms with E-state index in [1.54, 1.807) is 0 Å². The third-order valence-electron chi connectivity index (χ3n) is 3.15. The van der Waals surface area contributed by atoms with Gasteiger partial charge in [0.15, 0.2) is 0 Å². The summed E-state index contributed by atoms with van der Waals surface area (Å²) in [6.45, 7) is 0. The number of carbonyl (C=O) groups is 1. The number of nitrogens with one attached hydrogen (secondary N) is 1. The summed E-state index contributed by atoms with van der Waals surface area (Å²) >= 11 is 1.26. The van der Waals surface area contributed by atoms with Crippen LogP contribution in [0.1, 0.15) is 16.4 Å². The van der Waals surface area contributed by atoms with Gasteiger partial charge in [0.1, 0.15) is 5.25 Å². The molecule has 2 nitrogen and oxygen atoms in total. The van der Waals surface area contributed by atoms with Crippen molar-refractivity contribution in [3.63, 3.8) is 0 Å². The SMILES string of the molecule is O=C1Nc2cc(C(F)(F)F)ccc2SC1c1ccccc1. The summed E-state index contributed by atoms with van der Waals surface area (Å²) in [4.78, 5) is 12.7. The zero-order chi connectivity index (χ0) is 15.0. The van der Waals surface area contributed by atoms with Gasteiger partial charge in [0, 0.05) is 4.90 Å². The van der Waals surface area contributed by atoms with Gasteiger partial charge in [0.2, 0.25) is 5.91 Å². The standard InChI is InChI=1S/C15H10F3NOS/c16-15(17,18)10-6-7-12-11(8-10)19-14(20)13(21-12)9-4-2-1-3-5-9/h1-8,13H,(H,19,20). The third kappa shape index (κ3) is 2.76. The average Bonchev–Trinajstić information content (AvgIpc) is 2.46. The van der Waals surface area contributed by atoms with Gasteiger partial charge in [-0.15, -0.1) is 11.8 Å². The van der Waals surface area contributed by atoms with Crippen molar-refractivity contribution in [1.82, 2.24) is 0 Å². The predicted octanol–water partition coefficient (Wildman–Crippen LogP) is 4.49. The van der Waals surface area contributed by atoms with E-state index in [1.807, 2.05) is 30.3 Å². The second-order valence-electron chi connectivity index (χ2n) is 4.61. The van der Waals surface area contributed by atoms with Crippen LogP contribution in [-0.2, 0) is 11.0 Å². The van der Waals surface area contributed by atoms with Crippen LogP contribution >= 0.6 is 11.8 Å². The number of hydrogen-bond acceptors (Lipinski definition) is 2. The molecule has 108 valence electrons. The largest absolute Gasteiger partial charge is 0.416 e. The molecule has 1 aliphatic rings. The Bertz CT molecular complexity index is 685. The summed E-state index contributed by atoms with van der Waals surface area (Å²) in [5, 5.41) is 2.11. The molecule has 1 heterocycles. The molecule has 2 aromatic carbocycles. The molecule has 21 heavy (non-hydrogen) atoms. The number of benzene rings is 2. The van der Waals surface area contributed by atoms with Gasteiger partial charge in [0.25, 0.3) is 0 Å². The Labute approximate surface area is 123 Å². The first-order valence-corrected chi connectivity index (χ1v) is 7.07. The van der Waals surface area contributed by atoms with Crippen LogP contribution in [0.15, 0.2) is 53.4 Å². The highest BCUT2D eigenvalue weighted by Gasteiger charge is 2.34. The van der Waals surface area contributed by atoms with E-state index in [1.165, 1.54) is 17.8 Å². The van der Waals surface area contributed by atoms with Crippen molar-refractivity contribution < 1.29 is 18.0 Å². The highest BCUT2D eigenvalue weighted by Crippen LogP contribution is 2.45. The summed E-state index contributed by atoms with van der Waals surface area (Å²) in [5.74, 6) is -0.307. The average molecular weight is 309 g/mol. The number of fused-ring (bicyclic) bond motifs is 1. The van der Waals surface area contributed by atoms with E-state index in [0.717, 1.165) is 17.7 Å². The van der Waals surface area contributed by atoms with E-state index in [-0.39, 0.29) is 11.6 Å². The zero-order valence-corrected chi connectivity index (χ0v) is 11.5. The lowest BCUT2D eigenvalue weighted by molar-refractivity contribution is -0.137. The molecular formula is C15H10F3NOS. The lowest BCUT2D eigenvalue weighted by Crippen LogP contribution is -2.23. The number of rotatable bonds is 1. The monoisotopic (exact) mass is 309 g/mol. The maximum absolute atomic E-state index is 12.7. The number of carbonyl (C=O) groups excluding carboxylic acids is 1. The molecule has 0 aliphatic carbocycles. The molecule has 2 aromatic rings. The van der Waals surface area contributed by atoms with Gasteiger partial charge in [-0.25, -0.2) is 0 Å². The van der Waals surface area contributed by atoms with E-state index in [2.05, 4.69) is 5.32 Å². The van der Waals surface area contributed by atoms with Gasteiger partial charge >= 0.3 is 6.18 Å². The quantitative estimate of drug-likeness (QED) is 0.841. The molecule has 0 bridgehead atoms. The molecule has 1 unspecified atom stereocenters. The first-order chi connectivity index (χ1) is 9.95. The minimum atomic E-state index is -4.42. The lowest BCUT2D eigenvalue weighted by Gasteiger charge is -2.25. The molecule has 0 spiro atoms. The topological polar surface area (TPSA) is 29.1 Å². The molecule has 1 atom stereocenters. The summed E-state index contributed by atoms with van der Waals surface area (Å²) in [6, 6.07) is 12.6. The van der Waals surface area contributed by atoms with Crippen molar-refractivity contribution in [3.05, 3.63) is 59.7 Å². The zero-order valence-electron chi connectivity index (χ0n) is 10.6. The van der Waals surface area contributed by atoms with Crippen molar-refractivity contribution >= 4 is 23.4 Å². The van der Waals surface area contributed by atoms with Crippen LogP contribution < -0.4 is 5.32 Å². The van der Waals surface area contributed by atoms with Gasteiger partial charge in [0.05, 0.1) is 11.3 Å². The van der Waals surface area contributed by atoms with E-state index in [9.17, 15) is 18.0 Å². The van der Waals surface area contributed by atoms with Gasteiger partial charge < -0.3 is 5.32 Å². The van der Waals surface area contributed by atoms with Crippen molar-refractivity contribution in [2.75, 3.05) is 5.32 Å². The van der Waals surface area contributed by atoms with E-state index in [0.29, 0.717) is 4.90 Å². The molecular weight excluding hydrogens is 299 g/mol. The second-order valence-corrected chi connectivity index (χ2v) is 5.75. The van der Waals surface area contributed by atoms with Gasteiger partial charge in [-0.05, 0) is 23.8 Å². The molecule has 0 aromatic heterocycles. The van der Waals surface area contributed by atoms with E-state index >= 15 is 0 Å². The maximum Gasteiger partial charge on any atom is 0.416 e. The number of hydrogen-bond donors (Lipinski definition) is 1. The number of thioether (sulfide) groups is 1. The molecule has 0 saturated carbocycles. The summed E-state index contributed by atoms with van der Waals surface area (Å²) < 4.78 is 38.0. The van der Waals surface area contributed by atoms with Crippen LogP contribution in [0.5, 0.6) is 0 Å². The first-order valence-electron chi connectivity index (χ1n) is 6.19. The molecule has 6 heteroatoms. The summed E-state index contributed by atoms with van der Waals surface area (Å²) in [7, 11) is 0. The van der Waals surface area contributed by atoms with E-state index in [4.69, 9.17) is 0 Å². The van der Waals surface area contributed by atoms with E-state index < -0.39 is 17.0 Å². The van der Waals surface area contributed by atoms with Crippen LogP contribution in [0, 0.1) is 0 Å². The fraction of sp³-hybridized carbons (Fsp3) is 0.133. The predicted molar refractivity (Wildman–Crippen MR) is 75.1 cm³/mol. The Morgan fingerprint density at radius 2 is 1.76 bits per heavy atom. The number of amides is 1. The fourth-order valence-electron chi connectivity index (χ4n) is 2.13. The van der Waals surface area contributed by atoms with Crippen LogP contribution in [0.3, 0.4) is 0 Å². The van der Waals surface area contributed by atoms with Crippen LogP contribution in [0.2, 0.25) is 0 Å². The smallest absolute Gasteiger partial charge is 0.324 e. The Morgan fingerprint density at radius 3 is 2.43 bits per heavy atom. The Morgan fingerprint density at radius 1 is 1.05 bits per heavy atom. The summed E-state index contributed by atoms with van der Waals surface area (Å²) in [6.07, 6.45) is -4.42. The summed E-state index contributed by atoms with van der Waals surface area (Å²) in [5.41, 5.74) is 0.276. The third-order valence-corrected chi connectivity index (χ3v) is 4.48. The Hall–Kier alpha value is -1.95. The van der Waals surface area contributed by atoms with Crippen LogP contribution in [0.4, 0.5) is 18.9 Å². The Kier molecular flexibility index (Phi) is 3.41. The minimum Gasteiger partial charge on any atom is -0.324 e. The minimum absolute atomic E-state index is 0.215. The molecule has 0 fully saturated rings. The highest BCUT2D eigenvalue weighted by atomic mass is 32.2. The second kappa shape index (κ2) is 5.11. The number of halogens is 3. The molecule has 3 rings (SSSR count). The van der Waals surface area contributed by atoms with Crippen molar-refractivity contribution in [1.29, 1.82) is 0 Å². The fourth-order valence-corrected chi connectivity index (χ4v) is 3.23. The van der Waals surface area contributed by atoms with Gasteiger partial charge in [-0.1, -0.05) is 30.3 Å². The molecule has 1 aliphatic heterocycles. The van der Waals surface area contributed by atoms with Crippen molar-refractivity contribution in [2.45, 2.75) is 16.3 Å². The number of alkyl halides is 3. The molecule has 0 radical (unpaired) electrons.